The second-order valence-corrected chi connectivity index (χ2v) is 6.10. The number of anilines is 1. The molecule has 27 heavy (non-hydrogen) atoms. The highest BCUT2D eigenvalue weighted by molar-refractivity contribution is 5.95. The third kappa shape index (κ3) is 6.02. The summed E-state index contributed by atoms with van der Waals surface area (Å²) in [7, 11) is 3.23. The predicted molar refractivity (Wildman–Crippen MR) is 92.0 cm³/mol. The Balaban J connectivity index is 2.02. The zero-order chi connectivity index (χ0) is 20.0. The smallest absolute Gasteiger partial charge is 0.405 e. The van der Waals surface area contributed by atoms with Crippen molar-refractivity contribution in [2.75, 3.05) is 45.4 Å². The quantitative estimate of drug-likeness (QED) is 0.688. The normalized spacial score (nSPS) is 16.3. The van der Waals surface area contributed by atoms with Gasteiger partial charge in [-0.25, -0.2) is 0 Å². The maximum absolute atomic E-state index is 12.2. The van der Waals surface area contributed by atoms with Crippen LogP contribution in [0.25, 0.3) is 0 Å². The van der Waals surface area contributed by atoms with Gasteiger partial charge >= 0.3 is 6.18 Å². The number of benzene rings is 1. The molecule has 2 N–H and O–H groups in total. The van der Waals surface area contributed by atoms with Gasteiger partial charge in [-0.15, -0.1) is 0 Å². The standard InChI is InChI=1S/C17H22F3N3O4/c1-23-12(8-15(24)22-10-17(18,19)20)9-27-14-4-3-11(7-13(14)23)16(25)21-5-6-26-2/h3-4,7,12H,5-6,8-10H2,1-2H3,(H,21,25)(H,22,24). The summed E-state index contributed by atoms with van der Waals surface area (Å²) in [5, 5.41) is 4.55. The molecule has 1 aliphatic heterocycles. The van der Waals surface area contributed by atoms with Crippen LogP contribution in [-0.2, 0) is 9.53 Å². The molecule has 0 fully saturated rings. The second-order valence-electron chi connectivity index (χ2n) is 6.10. The number of methoxy groups -OCH3 is 1. The summed E-state index contributed by atoms with van der Waals surface area (Å²) >= 11 is 0. The van der Waals surface area contributed by atoms with Crippen molar-refractivity contribution in [3.8, 4) is 5.75 Å². The molecule has 0 aliphatic carbocycles. The van der Waals surface area contributed by atoms with E-state index in [1.807, 2.05) is 5.32 Å². The molecule has 1 heterocycles. The first-order chi connectivity index (χ1) is 12.7. The first kappa shape index (κ1) is 20.8. The van der Waals surface area contributed by atoms with E-state index in [0.717, 1.165) is 0 Å². The van der Waals surface area contributed by atoms with Crippen LogP contribution in [0.15, 0.2) is 18.2 Å². The lowest BCUT2D eigenvalue weighted by Gasteiger charge is -2.35. The topological polar surface area (TPSA) is 79.9 Å². The van der Waals surface area contributed by atoms with Gasteiger partial charge in [0.1, 0.15) is 18.9 Å². The van der Waals surface area contributed by atoms with Crippen LogP contribution in [0.4, 0.5) is 18.9 Å². The number of amides is 2. The number of nitrogens with zero attached hydrogens (tertiary/aromatic N) is 1. The molecule has 1 aromatic rings. The van der Waals surface area contributed by atoms with E-state index in [0.29, 0.717) is 30.2 Å². The number of carbonyl (C=O) groups excluding carboxylic acids is 2. The molecule has 0 bridgehead atoms. The average Bonchev–Trinajstić information content (AvgIpc) is 2.62. The van der Waals surface area contributed by atoms with Crippen LogP contribution in [0, 0.1) is 0 Å². The minimum Gasteiger partial charge on any atom is -0.489 e. The Kier molecular flexibility index (Phi) is 6.89. The monoisotopic (exact) mass is 389 g/mol. The Bertz CT molecular complexity index is 682. The molecule has 1 unspecified atom stereocenters. The number of fused-ring (bicyclic) bond motifs is 1. The summed E-state index contributed by atoms with van der Waals surface area (Å²) in [4.78, 5) is 25.7. The van der Waals surface area contributed by atoms with E-state index in [1.54, 1.807) is 30.1 Å². The molecule has 0 saturated carbocycles. The number of rotatable bonds is 7. The van der Waals surface area contributed by atoms with Crippen LogP contribution in [0.2, 0.25) is 0 Å². The number of hydrogen-bond donors (Lipinski definition) is 2. The van der Waals surface area contributed by atoms with Crippen molar-refractivity contribution in [2.45, 2.75) is 18.6 Å². The number of nitrogens with one attached hydrogen (secondary N) is 2. The molecule has 1 aromatic carbocycles. The fourth-order valence-corrected chi connectivity index (χ4v) is 2.60. The largest absolute Gasteiger partial charge is 0.489 e. The van der Waals surface area contributed by atoms with E-state index >= 15 is 0 Å². The zero-order valence-corrected chi connectivity index (χ0v) is 15.1. The number of hydrogen-bond acceptors (Lipinski definition) is 5. The van der Waals surface area contributed by atoms with Gasteiger partial charge in [-0.2, -0.15) is 13.2 Å². The molecule has 0 radical (unpaired) electrons. The Morgan fingerprint density at radius 3 is 2.74 bits per heavy atom. The van der Waals surface area contributed by atoms with Crippen molar-refractivity contribution in [3.05, 3.63) is 23.8 Å². The van der Waals surface area contributed by atoms with Gasteiger partial charge in [0.25, 0.3) is 5.91 Å². The molecule has 0 saturated heterocycles. The van der Waals surface area contributed by atoms with E-state index in [1.165, 1.54) is 7.11 Å². The molecular formula is C17H22F3N3O4. The Morgan fingerprint density at radius 1 is 1.33 bits per heavy atom. The zero-order valence-electron chi connectivity index (χ0n) is 15.1. The number of alkyl halides is 3. The number of ether oxygens (including phenoxy) is 2. The highest BCUT2D eigenvalue weighted by atomic mass is 19.4. The summed E-state index contributed by atoms with van der Waals surface area (Å²) in [5.74, 6) is -0.462. The fourth-order valence-electron chi connectivity index (χ4n) is 2.60. The lowest BCUT2D eigenvalue weighted by molar-refractivity contribution is -0.138. The van der Waals surface area contributed by atoms with Gasteiger partial charge in [0.05, 0.1) is 24.8 Å². The van der Waals surface area contributed by atoms with Crippen molar-refractivity contribution in [1.29, 1.82) is 0 Å². The molecule has 2 rings (SSSR count). The molecule has 2 amide bonds. The minimum absolute atomic E-state index is 0.155. The van der Waals surface area contributed by atoms with Crippen LogP contribution in [0.5, 0.6) is 5.75 Å². The van der Waals surface area contributed by atoms with Crippen LogP contribution >= 0.6 is 0 Å². The lowest BCUT2D eigenvalue weighted by Crippen LogP contribution is -2.45. The van der Waals surface area contributed by atoms with Crippen LogP contribution < -0.4 is 20.3 Å². The maximum atomic E-state index is 12.2. The van der Waals surface area contributed by atoms with Crippen molar-refractivity contribution in [2.24, 2.45) is 0 Å². The highest BCUT2D eigenvalue weighted by Gasteiger charge is 2.30. The number of carbonyl (C=O) groups is 2. The van der Waals surface area contributed by atoms with Crippen molar-refractivity contribution in [1.82, 2.24) is 10.6 Å². The van der Waals surface area contributed by atoms with Crippen molar-refractivity contribution in [3.63, 3.8) is 0 Å². The molecule has 1 aliphatic rings. The van der Waals surface area contributed by atoms with Gasteiger partial charge < -0.3 is 25.0 Å². The van der Waals surface area contributed by atoms with E-state index < -0.39 is 24.7 Å². The van der Waals surface area contributed by atoms with Gasteiger partial charge in [0.15, 0.2) is 0 Å². The van der Waals surface area contributed by atoms with Gasteiger partial charge in [0, 0.05) is 26.3 Å². The van der Waals surface area contributed by atoms with Gasteiger partial charge in [-0.05, 0) is 18.2 Å². The maximum Gasteiger partial charge on any atom is 0.405 e. The Labute approximate surface area is 154 Å². The molecule has 10 heteroatoms. The summed E-state index contributed by atoms with van der Waals surface area (Å²) in [6.07, 6.45) is -4.61. The van der Waals surface area contributed by atoms with E-state index in [2.05, 4.69) is 5.32 Å². The number of halogens is 3. The molecule has 0 aromatic heterocycles. The van der Waals surface area contributed by atoms with Crippen molar-refractivity contribution < 1.29 is 32.2 Å². The number of likely N-dealkylation sites (N-methyl/N-ethyl adjacent to an activating group) is 1. The molecule has 1 atom stereocenters. The molecule has 7 nitrogen and oxygen atoms in total. The fraction of sp³-hybridized carbons (Fsp3) is 0.529. The second kappa shape index (κ2) is 8.94. The molecule has 150 valence electrons. The SMILES string of the molecule is COCCNC(=O)c1ccc2c(c1)N(C)C(CC(=O)NCC(F)(F)F)CO2. The van der Waals surface area contributed by atoms with Crippen molar-refractivity contribution >= 4 is 17.5 Å². The van der Waals surface area contributed by atoms with Gasteiger partial charge in [-0.3, -0.25) is 9.59 Å². The first-order valence-electron chi connectivity index (χ1n) is 8.31. The summed E-state index contributed by atoms with van der Waals surface area (Å²) in [5.41, 5.74) is 0.997. The Hall–Kier alpha value is -2.49. The van der Waals surface area contributed by atoms with Gasteiger partial charge in [0.2, 0.25) is 5.91 Å². The third-order valence-corrected chi connectivity index (χ3v) is 4.08. The third-order valence-electron chi connectivity index (χ3n) is 4.08. The average molecular weight is 389 g/mol. The van der Waals surface area contributed by atoms with Crippen LogP contribution in [0.3, 0.4) is 0 Å². The van der Waals surface area contributed by atoms with Crippen LogP contribution in [0.1, 0.15) is 16.8 Å². The Morgan fingerprint density at radius 2 is 2.07 bits per heavy atom. The highest BCUT2D eigenvalue weighted by Crippen LogP contribution is 2.34. The van der Waals surface area contributed by atoms with E-state index in [9.17, 15) is 22.8 Å². The summed E-state index contributed by atoms with van der Waals surface area (Å²) in [6.45, 7) is -0.469. The lowest BCUT2D eigenvalue weighted by atomic mass is 10.1. The first-order valence-corrected chi connectivity index (χ1v) is 8.31. The summed E-state index contributed by atoms with van der Waals surface area (Å²) < 4.78 is 47.1. The van der Waals surface area contributed by atoms with Crippen LogP contribution in [-0.4, -0.2) is 64.5 Å². The van der Waals surface area contributed by atoms with E-state index in [4.69, 9.17) is 9.47 Å². The summed E-state index contributed by atoms with van der Waals surface area (Å²) in [6, 6.07) is 4.44. The van der Waals surface area contributed by atoms with Gasteiger partial charge in [-0.1, -0.05) is 0 Å². The predicted octanol–water partition coefficient (Wildman–Crippen LogP) is 1.33. The molecular weight excluding hydrogens is 367 g/mol. The van der Waals surface area contributed by atoms with E-state index in [-0.39, 0.29) is 18.9 Å². The minimum atomic E-state index is -4.46. The molecule has 0 spiro atoms.